The fourth-order valence-corrected chi connectivity index (χ4v) is 3.80. The number of aromatic nitrogens is 3. The van der Waals surface area contributed by atoms with E-state index in [1.165, 1.54) is 0 Å². The molecule has 1 N–H and O–H groups in total. The van der Waals surface area contributed by atoms with E-state index >= 15 is 0 Å². The minimum Gasteiger partial charge on any atom is -0.340 e. The van der Waals surface area contributed by atoms with Gasteiger partial charge in [0.05, 0.1) is 22.6 Å². The Hall–Kier alpha value is -3.21. The smallest absolute Gasteiger partial charge is 0.254 e. The standard InChI is InChI=1S/C21H18N4O/c26-21(15-9-10-16-14(13-15)5-3-11-22-16)25-12-4-8-19(25)20-23-17-6-1-2-7-18(17)24-20/h1-3,5-7,9-11,13,19H,4,8,12H2,(H,23,24). The zero-order valence-corrected chi connectivity index (χ0v) is 14.2. The molecule has 0 saturated carbocycles. The van der Waals surface area contributed by atoms with Crippen LogP contribution >= 0.6 is 0 Å². The maximum absolute atomic E-state index is 13.2. The zero-order chi connectivity index (χ0) is 17.5. The molecule has 0 bridgehead atoms. The van der Waals surface area contributed by atoms with Crippen LogP contribution in [0.1, 0.15) is 35.1 Å². The average Bonchev–Trinajstić information content (AvgIpc) is 3.33. The third-order valence-electron chi connectivity index (χ3n) is 5.09. The molecule has 1 saturated heterocycles. The maximum atomic E-state index is 13.2. The van der Waals surface area contributed by atoms with E-state index in [-0.39, 0.29) is 11.9 Å². The van der Waals surface area contributed by atoms with Crippen LogP contribution in [0.15, 0.2) is 60.8 Å². The SMILES string of the molecule is O=C(c1ccc2ncccc2c1)N1CCCC1c1nc2ccccc2[nH]1. The van der Waals surface area contributed by atoms with Gasteiger partial charge in [-0.2, -0.15) is 0 Å². The normalized spacial score (nSPS) is 17.2. The first-order chi connectivity index (χ1) is 12.8. The molecule has 0 spiro atoms. The molecular weight excluding hydrogens is 324 g/mol. The van der Waals surface area contributed by atoms with Crippen molar-refractivity contribution < 1.29 is 4.79 Å². The summed E-state index contributed by atoms with van der Waals surface area (Å²) in [5.74, 6) is 0.929. The summed E-state index contributed by atoms with van der Waals surface area (Å²) in [6.45, 7) is 0.756. The van der Waals surface area contributed by atoms with Crippen LogP contribution in [0.5, 0.6) is 0 Å². The largest absolute Gasteiger partial charge is 0.340 e. The Morgan fingerprint density at radius 2 is 2.00 bits per heavy atom. The summed E-state index contributed by atoms with van der Waals surface area (Å²) in [4.78, 5) is 27.5. The Labute approximate surface area is 150 Å². The van der Waals surface area contributed by atoms with E-state index in [0.29, 0.717) is 5.56 Å². The van der Waals surface area contributed by atoms with Gasteiger partial charge in [-0.3, -0.25) is 9.78 Å². The highest BCUT2D eigenvalue weighted by Gasteiger charge is 2.32. The molecule has 128 valence electrons. The van der Waals surface area contributed by atoms with E-state index in [1.807, 2.05) is 59.5 Å². The second kappa shape index (κ2) is 5.95. The maximum Gasteiger partial charge on any atom is 0.254 e. The second-order valence-corrected chi connectivity index (χ2v) is 6.71. The van der Waals surface area contributed by atoms with Crippen LogP contribution in [-0.2, 0) is 0 Å². The van der Waals surface area contributed by atoms with Gasteiger partial charge in [0.1, 0.15) is 5.82 Å². The Bertz CT molecular complexity index is 1080. The Balaban J connectivity index is 1.49. The third-order valence-corrected chi connectivity index (χ3v) is 5.09. The Kier molecular flexibility index (Phi) is 3.45. The monoisotopic (exact) mass is 342 g/mol. The first-order valence-electron chi connectivity index (χ1n) is 8.90. The van der Waals surface area contributed by atoms with Crippen molar-refractivity contribution in [1.29, 1.82) is 0 Å². The van der Waals surface area contributed by atoms with Crippen molar-refractivity contribution in [1.82, 2.24) is 19.9 Å². The van der Waals surface area contributed by atoms with Crippen molar-refractivity contribution in [2.45, 2.75) is 18.9 Å². The molecule has 0 radical (unpaired) electrons. The van der Waals surface area contributed by atoms with Gasteiger partial charge < -0.3 is 9.88 Å². The first-order valence-corrected chi connectivity index (χ1v) is 8.90. The van der Waals surface area contributed by atoms with Crippen molar-refractivity contribution >= 4 is 27.8 Å². The third kappa shape index (κ3) is 2.44. The summed E-state index contributed by atoms with van der Waals surface area (Å²) in [5, 5.41) is 0.984. The molecule has 4 aromatic rings. The molecule has 1 aliphatic rings. The number of nitrogens with zero attached hydrogens (tertiary/aromatic N) is 3. The molecule has 5 nitrogen and oxygen atoms in total. The summed E-state index contributed by atoms with van der Waals surface area (Å²) in [7, 11) is 0. The van der Waals surface area contributed by atoms with E-state index in [9.17, 15) is 4.79 Å². The van der Waals surface area contributed by atoms with Gasteiger partial charge >= 0.3 is 0 Å². The van der Waals surface area contributed by atoms with Gasteiger partial charge in [-0.15, -0.1) is 0 Å². The molecule has 26 heavy (non-hydrogen) atoms. The van der Waals surface area contributed by atoms with Crippen LogP contribution < -0.4 is 0 Å². The molecule has 1 amide bonds. The summed E-state index contributed by atoms with van der Waals surface area (Å²) in [6, 6.07) is 17.6. The number of hydrogen-bond donors (Lipinski definition) is 1. The van der Waals surface area contributed by atoms with Crippen LogP contribution in [0.4, 0.5) is 0 Å². The molecule has 2 aromatic heterocycles. The number of aromatic amines is 1. The number of H-pyrrole nitrogens is 1. The van der Waals surface area contributed by atoms with Crippen LogP contribution in [0, 0.1) is 0 Å². The highest BCUT2D eigenvalue weighted by Crippen LogP contribution is 2.33. The number of amides is 1. The number of fused-ring (bicyclic) bond motifs is 2. The number of benzene rings is 2. The number of carbonyl (C=O) groups is 1. The number of nitrogens with one attached hydrogen (secondary N) is 1. The molecule has 1 atom stereocenters. The molecule has 2 aromatic carbocycles. The lowest BCUT2D eigenvalue weighted by Gasteiger charge is -2.23. The lowest BCUT2D eigenvalue weighted by Crippen LogP contribution is -2.31. The minimum absolute atomic E-state index is 0.000467. The van der Waals surface area contributed by atoms with Gasteiger partial charge in [-0.25, -0.2) is 4.98 Å². The van der Waals surface area contributed by atoms with E-state index in [0.717, 1.165) is 47.1 Å². The number of pyridine rings is 1. The van der Waals surface area contributed by atoms with Crippen LogP contribution in [0.2, 0.25) is 0 Å². The van der Waals surface area contributed by atoms with Gasteiger partial charge in [-0.05, 0) is 49.2 Å². The quantitative estimate of drug-likeness (QED) is 0.597. The van der Waals surface area contributed by atoms with Crippen LogP contribution in [-0.4, -0.2) is 32.3 Å². The number of rotatable bonds is 2. The van der Waals surface area contributed by atoms with Gasteiger partial charge in [-0.1, -0.05) is 18.2 Å². The van der Waals surface area contributed by atoms with Gasteiger partial charge in [0.25, 0.3) is 5.91 Å². The molecule has 5 heteroatoms. The number of likely N-dealkylation sites (tertiary alicyclic amines) is 1. The fraction of sp³-hybridized carbons (Fsp3) is 0.190. The van der Waals surface area contributed by atoms with Crippen molar-refractivity contribution in [3.63, 3.8) is 0 Å². The summed E-state index contributed by atoms with van der Waals surface area (Å²) < 4.78 is 0. The predicted octanol–water partition coefficient (Wildman–Crippen LogP) is 4.09. The van der Waals surface area contributed by atoms with Crippen molar-refractivity contribution in [2.75, 3.05) is 6.54 Å². The summed E-state index contributed by atoms with van der Waals surface area (Å²) >= 11 is 0. The number of hydrogen-bond acceptors (Lipinski definition) is 3. The lowest BCUT2D eigenvalue weighted by molar-refractivity contribution is 0.0730. The number of imidazole rings is 1. The van der Waals surface area contributed by atoms with Gasteiger partial charge in [0, 0.05) is 23.7 Å². The molecule has 3 heterocycles. The van der Waals surface area contributed by atoms with E-state index in [1.54, 1.807) is 6.20 Å². The van der Waals surface area contributed by atoms with Crippen LogP contribution in [0.25, 0.3) is 21.9 Å². The van der Waals surface area contributed by atoms with Crippen molar-refractivity contribution in [2.24, 2.45) is 0 Å². The summed E-state index contributed by atoms with van der Waals surface area (Å²) in [6.07, 6.45) is 3.69. The lowest BCUT2D eigenvalue weighted by atomic mass is 10.1. The molecule has 1 unspecified atom stereocenters. The highest BCUT2D eigenvalue weighted by molar-refractivity contribution is 5.98. The van der Waals surface area contributed by atoms with E-state index in [2.05, 4.69) is 9.97 Å². The Morgan fingerprint density at radius 3 is 2.92 bits per heavy atom. The Morgan fingerprint density at radius 1 is 1.08 bits per heavy atom. The van der Waals surface area contributed by atoms with E-state index < -0.39 is 0 Å². The topological polar surface area (TPSA) is 61.9 Å². The van der Waals surface area contributed by atoms with E-state index in [4.69, 9.17) is 4.98 Å². The highest BCUT2D eigenvalue weighted by atomic mass is 16.2. The zero-order valence-electron chi connectivity index (χ0n) is 14.2. The van der Waals surface area contributed by atoms with Crippen LogP contribution in [0.3, 0.4) is 0 Å². The molecule has 0 aliphatic carbocycles. The molecule has 1 fully saturated rings. The van der Waals surface area contributed by atoms with Gasteiger partial charge in [0.15, 0.2) is 0 Å². The average molecular weight is 342 g/mol. The minimum atomic E-state index is -0.000467. The predicted molar refractivity (Wildman–Crippen MR) is 101 cm³/mol. The summed E-state index contributed by atoms with van der Waals surface area (Å²) in [5.41, 5.74) is 3.56. The fourth-order valence-electron chi connectivity index (χ4n) is 3.80. The first kappa shape index (κ1) is 15.1. The van der Waals surface area contributed by atoms with Gasteiger partial charge in [0.2, 0.25) is 0 Å². The number of carbonyl (C=O) groups excluding carboxylic acids is 1. The number of para-hydroxylation sites is 2. The molecular formula is C21H18N4O. The van der Waals surface area contributed by atoms with Crippen molar-refractivity contribution in [3.05, 3.63) is 72.2 Å². The molecule has 1 aliphatic heterocycles. The molecule has 5 rings (SSSR count). The van der Waals surface area contributed by atoms with Crippen molar-refractivity contribution in [3.8, 4) is 0 Å². The second-order valence-electron chi connectivity index (χ2n) is 6.71.